The van der Waals surface area contributed by atoms with Crippen LogP contribution in [0.3, 0.4) is 0 Å². The Bertz CT molecular complexity index is 303. The van der Waals surface area contributed by atoms with E-state index in [9.17, 15) is 0 Å². The lowest BCUT2D eigenvalue weighted by atomic mass is 10.2. The second kappa shape index (κ2) is 2.92. The minimum atomic E-state index is 0.569. The number of aromatic nitrogens is 2. The third kappa shape index (κ3) is 1.53. The van der Waals surface area contributed by atoms with Gasteiger partial charge in [-0.15, -0.1) is 0 Å². The molecule has 0 amide bonds. The van der Waals surface area contributed by atoms with Crippen molar-refractivity contribution in [1.29, 1.82) is 0 Å². The van der Waals surface area contributed by atoms with Crippen molar-refractivity contribution < 1.29 is 0 Å². The van der Waals surface area contributed by atoms with Crippen LogP contribution in [0.1, 0.15) is 24.6 Å². The summed E-state index contributed by atoms with van der Waals surface area (Å²) in [7, 11) is 0. The van der Waals surface area contributed by atoms with Crippen molar-refractivity contribution in [2.24, 2.45) is 0 Å². The number of hydrogen-bond donors (Lipinski definition) is 2. The minimum absolute atomic E-state index is 0.569. The summed E-state index contributed by atoms with van der Waals surface area (Å²) in [6.45, 7) is 2.11. The highest BCUT2D eigenvalue weighted by molar-refractivity contribution is 7.09. The Morgan fingerprint density at radius 2 is 2.23 bits per heavy atom. The van der Waals surface area contributed by atoms with Crippen molar-refractivity contribution in [3.63, 3.8) is 0 Å². The van der Waals surface area contributed by atoms with Gasteiger partial charge in [-0.25, -0.2) is 4.98 Å². The molecule has 2 N–H and O–H groups in total. The summed E-state index contributed by atoms with van der Waals surface area (Å²) in [5.41, 5.74) is 0. The van der Waals surface area contributed by atoms with Gasteiger partial charge in [-0.05, 0) is 12.8 Å². The zero-order chi connectivity index (χ0) is 8.67. The maximum absolute atomic E-state index is 4.46. The second-order valence-electron chi connectivity index (χ2n) is 3.73. The molecule has 2 aliphatic rings. The fraction of sp³-hybridized carbons (Fsp3) is 0.750. The average molecular weight is 196 g/mol. The molecular weight excluding hydrogens is 184 g/mol. The van der Waals surface area contributed by atoms with Crippen LogP contribution >= 0.6 is 11.5 Å². The Kier molecular flexibility index (Phi) is 1.73. The molecule has 5 heteroatoms. The predicted molar refractivity (Wildman–Crippen MR) is 52.2 cm³/mol. The van der Waals surface area contributed by atoms with Crippen LogP contribution in [0.25, 0.3) is 0 Å². The van der Waals surface area contributed by atoms with Crippen LogP contribution in [0.2, 0.25) is 0 Å². The van der Waals surface area contributed by atoms with E-state index in [0.717, 1.165) is 24.0 Å². The average Bonchev–Trinajstić information content (AvgIpc) is 2.80. The third-order valence-corrected chi connectivity index (χ3v) is 3.15. The van der Waals surface area contributed by atoms with Gasteiger partial charge in [0.25, 0.3) is 0 Å². The zero-order valence-corrected chi connectivity index (χ0v) is 8.10. The van der Waals surface area contributed by atoms with Gasteiger partial charge in [0, 0.05) is 30.5 Å². The smallest absolute Gasteiger partial charge is 0.202 e. The van der Waals surface area contributed by atoms with E-state index in [1.807, 2.05) is 0 Å². The van der Waals surface area contributed by atoms with Gasteiger partial charge in [0.15, 0.2) is 0 Å². The predicted octanol–water partition coefficient (Wildman–Crippen LogP) is 0.799. The molecule has 2 heterocycles. The molecule has 0 atom stereocenters. The van der Waals surface area contributed by atoms with Crippen LogP contribution in [0.5, 0.6) is 0 Å². The molecule has 1 aromatic heterocycles. The highest BCUT2D eigenvalue weighted by Crippen LogP contribution is 2.39. The molecule has 2 fully saturated rings. The molecule has 1 saturated carbocycles. The summed E-state index contributed by atoms with van der Waals surface area (Å²) in [5, 5.41) is 7.58. The molecule has 0 radical (unpaired) electrons. The Morgan fingerprint density at radius 3 is 2.85 bits per heavy atom. The maximum Gasteiger partial charge on any atom is 0.202 e. The molecule has 0 unspecified atom stereocenters. The Labute approximate surface area is 80.9 Å². The largest absolute Gasteiger partial charge is 0.355 e. The van der Waals surface area contributed by atoms with E-state index in [2.05, 4.69) is 20.0 Å². The molecule has 70 valence electrons. The third-order valence-electron chi connectivity index (χ3n) is 2.49. The fourth-order valence-electron chi connectivity index (χ4n) is 1.37. The van der Waals surface area contributed by atoms with E-state index in [4.69, 9.17) is 0 Å². The lowest BCUT2D eigenvalue weighted by molar-refractivity contribution is 0.472. The minimum Gasteiger partial charge on any atom is -0.355 e. The van der Waals surface area contributed by atoms with Gasteiger partial charge in [0.05, 0.1) is 6.04 Å². The SMILES string of the molecule is C1NCC1Nc1nc(C2CC2)ns1. The number of rotatable bonds is 3. The standard InChI is InChI=1S/C8H12N4S/c1-2-5(1)7-11-8(13-12-7)10-6-3-9-4-6/h5-6,9H,1-4H2,(H,10,11,12). The lowest BCUT2D eigenvalue weighted by Gasteiger charge is -2.27. The van der Waals surface area contributed by atoms with Crippen molar-refractivity contribution >= 4 is 16.7 Å². The monoisotopic (exact) mass is 196 g/mol. The quantitative estimate of drug-likeness (QED) is 0.750. The van der Waals surface area contributed by atoms with Crippen molar-refractivity contribution in [2.45, 2.75) is 24.8 Å². The fourth-order valence-corrected chi connectivity index (χ4v) is 2.09. The van der Waals surface area contributed by atoms with Crippen LogP contribution in [0.15, 0.2) is 0 Å². The molecule has 1 aliphatic heterocycles. The summed E-state index contributed by atoms with van der Waals surface area (Å²) in [6.07, 6.45) is 2.56. The topological polar surface area (TPSA) is 49.8 Å². The summed E-state index contributed by atoms with van der Waals surface area (Å²) >= 11 is 1.50. The van der Waals surface area contributed by atoms with Gasteiger partial charge in [-0.3, -0.25) is 0 Å². The van der Waals surface area contributed by atoms with Gasteiger partial charge in [-0.1, -0.05) is 0 Å². The zero-order valence-electron chi connectivity index (χ0n) is 7.29. The van der Waals surface area contributed by atoms with Crippen LogP contribution in [-0.2, 0) is 0 Å². The summed E-state index contributed by atoms with van der Waals surface area (Å²) in [6, 6.07) is 0.569. The van der Waals surface area contributed by atoms with E-state index in [1.165, 1.54) is 24.4 Å². The maximum atomic E-state index is 4.46. The molecule has 0 bridgehead atoms. The van der Waals surface area contributed by atoms with Crippen LogP contribution in [-0.4, -0.2) is 28.5 Å². The van der Waals surface area contributed by atoms with Gasteiger partial charge in [0.1, 0.15) is 5.82 Å². The number of hydrogen-bond acceptors (Lipinski definition) is 5. The summed E-state index contributed by atoms with van der Waals surface area (Å²) in [4.78, 5) is 4.46. The molecular formula is C8H12N4S. The Balaban J connectivity index is 1.66. The molecule has 1 saturated heterocycles. The molecule has 1 aromatic rings. The van der Waals surface area contributed by atoms with E-state index in [-0.39, 0.29) is 0 Å². The molecule has 1 aliphatic carbocycles. The van der Waals surface area contributed by atoms with Crippen molar-refractivity contribution in [3.8, 4) is 0 Å². The van der Waals surface area contributed by atoms with E-state index in [1.54, 1.807) is 0 Å². The number of nitrogens with one attached hydrogen (secondary N) is 2. The highest BCUT2D eigenvalue weighted by Gasteiger charge is 2.28. The number of anilines is 1. The summed E-state index contributed by atoms with van der Waals surface area (Å²) < 4.78 is 4.34. The van der Waals surface area contributed by atoms with Crippen LogP contribution in [0, 0.1) is 0 Å². The van der Waals surface area contributed by atoms with Crippen LogP contribution < -0.4 is 10.6 Å². The first kappa shape index (κ1) is 7.70. The molecule has 3 rings (SSSR count). The molecule has 0 spiro atoms. The molecule has 0 aromatic carbocycles. The van der Waals surface area contributed by atoms with Gasteiger partial charge < -0.3 is 10.6 Å². The number of nitrogens with zero attached hydrogens (tertiary/aromatic N) is 2. The van der Waals surface area contributed by atoms with Crippen molar-refractivity contribution in [1.82, 2.24) is 14.7 Å². The first-order valence-corrected chi connectivity index (χ1v) is 5.50. The van der Waals surface area contributed by atoms with Gasteiger partial charge in [-0.2, -0.15) is 4.37 Å². The highest BCUT2D eigenvalue weighted by atomic mass is 32.1. The first-order valence-electron chi connectivity index (χ1n) is 4.72. The summed E-state index contributed by atoms with van der Waals surface area (Å²) in [5.74, 6) is 1.73. The lowest BCUT2D eigenvalue weighted by Crippen LogP contribution is -2.51. The van der Waals surface area contributed by atoms with E-state index >= 15 is 0 Å². The van der Waals surface area contributed by atoms with Crippen molar-refractivity contribution in [2.75, 3.05) is 18.4 Å². The Hall–Kier alpha value is -0.680. The molecule has 13 heavy (non-hydrogen) atoms. The normalized spacial score (nSPS) is 22.8. The van der Waals surface area contributed by atoms with Crippen LogP contribution in [0.4, 0.5) is 5.13 Å². The van der Waals surface area contributed by atoms with Crippen molar-refractivity contribution in [3.05, 3.63) is 5.82 Å². The van der Waals surface area contributed by atoms with Gasteiger partial charge in [0.2, 0.25) is 5.13 Å². The first-order chi connectivity index (χ1) is 6.42. The van der Waals surface area contributed by atoms with E-state index < -0.39 is 0 Å². The second-order valence-corrected chi connectivity index (χ2v) is 4.48. The Morgan fingerprint density at radius 1 is 1.38 bits per heavy atom. The van der Waals surface area contributed by atoms with Gasteiger partial charge >= 0.3 is 0 Å². The van der Waals surface area contributed by atoms with E-state index in [0.29, 0.717) is 12.0 Å². The molecule has 4 nitrogen and oxygen atoms in total.